The fraction of sp³-hybridized carbons (Fsp3) is 0.562. The van der Waals surface area contributed by atoms with Crippen molar-refractivity contribution in [3.05, 3.63) is 30.1 Å². The van der Waals surface area contributed by atoms with Crippen LogP contribution in [0, 0.1) is 11.2 Å². The SMILES string of the molecule is CC1(CN)CCN(C(=O)CCCOc2ccc(F)cc2)C1. The molecule has 1 aromatic carbocycles. The van der Waals surface area contributed by atoms with Crippen molar-refractivity contribution < 1.29 is 13.9 Å². The molecule has 5 heteroatoms. The van der Waals surface area contributed by atoms with E-state index in [4.69, 9.17) is 10.5 Å². The van der Waals surface area contributed by atoms with Gasteiger partial charge in [-0.1, -0.05) is 6.92 Å². The molecule has 21 heavy (non-hydrogen) atoms. The molecule has 2 rings (SSSR count). The summed E-state index contributed by atoms with van der Waals surface area (Å²) in [5.74, 6) is 0.505. The predicted octanol–water partition coefficient (Wildman–Crippen LogP) is 2.18. The molecule has 1 amide bonds. The summed E-state index contributed by atoms with van der Waals surface area (Å²) in [7, 11) is 0. The third-order valence-corrected chi connectivity index (χ3v) is 4.02. The monoisotopic (exact) mass is 294 g/mol. The van der Waals surface area contributed by atoms with Crippen LogP contribution in [0.2, 0.25) is 0 Å². The summed E-state index contributed by atoms with van der Waals surface area (Å²) < 4.78 is 18.2. The molecule has 1 fully saturated rings. The molecule has 0 radical (unpaired) electrons. The van der Waals surface area contributed by atoms with Crippen molar-refractivity contribution in [2.75, 3.05) is 26.2 Å². The molecule has 0 aliphatic carbocycles. The van der Waals surface area contributed by atoms with Crippen LogP contribution in [0.5, 0.6) is 5.75 Å². The van der Waals surface area contributed by atoms with Crippen molar-refractivity contribution in [3.8, 4) is 5.75 Å². The Kier molecular flexibility index (Phi) is 5.17. The summed E-state index contributed by atoms with van der Waals surface area (Å²) in [5, 5.41) is 0. The lowest BCUT2D eigenvalue weighted by Crippen LogP contribution is -2.34. The molecular weight excluding hydrogens is 271 g/mol. The molecule has 4 nitrogen and oxygen atoms in total. The van der Waals surface area contributed by atoms with Gasteiger partial charge in [-0.05, 0) is 49.1 Å². The van der Waals surface area contributed by atoms with Crippen LogP contribution in [0.1, 0.15) is 26.2 Å². The maximum atomic E-state index is 12.7. The van der Waals surface area contributed by atoms with E-state index in [1.165, 1.54) is 12.1 Å². The predicted molar refractivity (Wildman–Crippen MR) is 79.5 cm³/mol. The first-order chi connectivity index (χ1) is 10.0. The lowest BCUT2D eigenvalue weighted by Gasteiger charge is -2.22. The largest absolute Gasteiger partial charge is 0.494 e. The van der Waals surface area contributed by atoms with Crippen LogP contribution >= 0.6 is 0 Å². The molecule has 1 aliphatic heterocycles. The number of ether oxygens (including phenoxy) is 1. The van der Waals surface area contributed by atoms with Crippen molar-refractivity contribution in [3.63, 3.8) is 0 Å². The lowest BCUT2D eigenvalue weighted by molar-refractivity contribution is -0.130. The molecule has 1 unspecified atom stereocenters. The van der Waals surface area contributed by atoms with Gasteiger partial charge in [0.1, 0.15) is 11.6 Å². The average Bonchev–Trinajstić information content (AvgIpc) is 2.89. The van der Waals surface area contributed by atoms with E-state index in [1.807, 2.05) is 4.90 Å². The second kappa shape index (κ2) is 6.89. The van der Waals surface area contributed by atoms with Crippen LogP contribution in [0.25, 0.3) is 0 Å². The van der Waals surface area contributed by atoms with E-state index in [0.29, 0.717) is 31.7 Å². The zero-order valence-corrected chi connectivity index (χ0v) is 12.5. The van der Waals surface area contributed by atoms with Crippen molar-refractivity contribution in [1.29, 1.82) is 0 Å². The van der Waals surface area contributed by atoms with Crippen LogP contribution in [-0.4, -0.2) is 37.0 Å². The molecule has 116 valence electrons. The molecule has 0 spiro atoms. The summed E-state index contributed by atoms with van der Waals surface area (Å²) >= 11 is 0. The minimum absolute atomic E-state index is 0.0697. The van der Waals surface area contributed by atoms with Gasteiger partial charge in [0, 0.05) is 19.5 Å². The zero-order valence-electron chi connectivity index (χ0n) is 12.5. The Morgan fingerprint density at radius 1 is 1.43 bits per heavy atom. The van der Waals surface area contributed by atoms with Crippen LogP contribution in [0.4, 0.5) is 4.39 Å². The summed E-state index contributed by atoms with van der Waals surface area (Å²) in [4.78, 5) is 14.0. The Morgan fingerprint density at radius 2 is 2.14 bits per heavy atom. The third kappa shape index (κ3) is 4.43. The topological polar surface area (TPSA) is 55.6 Å². The average molecular weight is 294 g/mol. The molecule has 0 bridgehead atoms. The first-order valence-electron chi connectivity index (χ1n) is 7.39. The van der Waals surface area contributed by atoms with Gasteiger partial charge in [0.25, 0.3) is 0 Å². The van der Waals surface area contributed by atoms with Gasteiger partial charge in [-0.25, -0.2) is 4.39 Å². The Hall–Kier alpha value is -1.62. The second-order valence-corrected chi connectivity index (χ2v) is 5.99. The van der Waals surface area contributed by atoms with Crippen molar-refractivity contribution >= 4 is 5.91 Å². The van der Waals surface area contributed by atoms with Gasteiger partial charge >= 0.3 is 0 Å². The van der Waals surface area contributed by atoms with E-state index in [2.05, 4.69) is 6.92 Å². The molecular formula is C16H23FN2O2. The van der Waals surface area contributed by atoms with Gasteiger partial charge in [-0.2, -0.15) is 0 Å². The highest BCUT2D eigenvalue weighted by Crippen LogP contribution is 2.28. The van der Waals surface area contributed by atoms with Crippen LogP contribution in [0.3, 0.4) is 0 Å². The van der Waals surface area contributed by atoms with Gasteiger partial charge in [-0.3, -0.25) is 4.79 Å². The van der Waals surface area contributed by atoms with Gasteiger partial charge in [0.2, 0.25) is 5.91 Å². The van der Waals surface area contributed by atoms with Crippen molar-refractivity contribution in [2.24, 2.45) is 11.1 Å². The molecule has 1 saturated heterocycles. The number of rotatable bonds is 6. The zero-order chi connectivity index (χ0) is 15.3. The first-order valence-corrected chi connectivity index (χ1v) is 7.39. The molecule has 0 saturated carbocycles. The maximum absolute atomic E-state index is 12.7. The highest BCUT2D eigenvalue weighted by Gasteiger charge is 2.34. The smallest absolute Gasteiger partial charge is 0.222 e. The van der Waals surface area contributed by atoms with Gasteiger partial charge in [0.05, 0.1) is 6.61 Å². The fourth-order valence-electron chi connectivity index (χ4n) is 2.51. The number of nitrogens with zero attached hydrogens (tertiary/aromatic N) is 1. The quantitative estimate of drug-likeness (QED) is 0.818. The van der Waals surface area contributed by atoms with Crippen LogP contribution < -0.4 is 10.5 Å². The summed E-state index contributed by atoms with van der Waals surface area (Å²) in [5.41, 5.74) is 5.81. The number of hydrogen-bond donors (Lipinski definition) is 1. The van der Waals surface area contributed by atoms with E-state index < -0.39 is 0 Å². The first kappa shape index (κ1) is 15.8. The Balaban J connectivity index is 1.67. The lowest BCUT2D eigenvalue weighted by atomic mass is 9.90. The van der Waals surface area contributed by atoms with E-state index in [-0.39, 0.29) is 17.1 Å². The number of nitrogens with two attached hydrogens (primary N) is 1. The number of halogens is 1. The summed E-state index contributed by atoms with van der Waals surface area (Å²) in [6.07, 6.45) is 2.11. The Labute approximate surface area is 125 Å². The van der Waals surface area contributed by atoms with Gasteiger partial charge < -0.3 is 15.4 Å². The molecule has 1 heterocycles. The number of hydrogen-bond acceptors (Lipinski definition) is 3. The number of likely N-dealkylation sites (tertiary alicyclic amines) is 1. The van der Waals surface area contributed by atoms with Crippen LogP contribution in [-0.2, 0) is 4.79 Å². The second-order valence-electron chi connectivity index (χ2n) is 5.99. The molecule has 1 aliphatic rings. The number of carbonyl (C=O) groups is 1. The van der Waals surface area contributed by atoms with Crippen molar-refractivity contribution in [1.82, 2.24) is 4.90 Å². The Morgan fingerprint density at radius 3 is 2.76 bits per heavy atom. The molecule has 1 atom stereocenters. The standard InChI is InChI=1S/C16H23FN2O2/c1-16(11-18)8-9-19(12-16)15(20)3-2-10-21-14-6-4-13(17)5-7-14/h4-7H,2-3,8-12,18H2,1H3. The van der Waals surface area contributed by atoms with Crippen molar-refractivity contribution in [2.45, 2.75) is 26.2 Å². The highest BCUT2D eigenvalue weighted by molar-refractivity contribution is 5.76. The van der Waals surface area contributed by atoms with Gasteiger partial charge in [0.15, 0.2) is 0 Å². The number of carbonyl (C=O) groups excluding carboxylic acids is 1. The highest BCUT2D eigenvalue weighted by atomic mass is 19.1. The van der Waals surface area contributed by atoms with E-state index in [0.717, 1.165) is 19.5 Å². The van der Waals surface area contributed by atoms with E-state index >= 15 is 0 Å². The normalized spacial score (nSPS) is 21.6. The maximum Gasteiger partial charge on any atom is 0.222 e. The van der Waals surface area contributed by atoms with Gasteiger partial charge in [-0.15, -0.1) is 0 Å². The summed E-state index contributed by atoms with van der Waals surface area (Å²) in [6.45, 7) is 4.74. The third-order valence-electron chi connectivity index (χ3n) is 4.02. The van der Waals surface area contributed by atoms with Crippen LogP contribution in [0.15, 0.2) is 24.3 Å². The minimum atomic E-state index is -0.283. The fourth-order valence-corrected chi connectivity index (χ4v) is 2.51. The van der Waals surface area contributed by atoms with E-state index in [1.54, 1.807) is 12.1 Å². The molecule has 0 aromatic heterocycles. The molecule has 1 aromatic rings. The number of amides is 1. The summed E-state index contributed by atoms with van der Waals surface area (Å²) in [6, 6.07) is 5.89. The van der Waals surface area contributed by atoms with E-state index in [9.17, 15) is 9.18 Å². The minimum Gasteiger partial charge on any atom is -0.494 e. The Bertz CT molecular complexity index is 478. The molecule has 2 N–H and O–H groups in total. The number of benzene rings is 1.